The maximum absolute atomic E-state index is 8.88. The third-order valence-electron chi connectivity index (χ3n) is 5.09. The molecule has 1 unspecified atom stereocenters. The summed E-state index contributed by atoms with van der Waals surface area (Å²) in [5.74, 6) is 7.54. The number of nitrogens with zero attached hydrogens (tertiary/aromatic N) is 1. The van der Waals surface area contributed by atoms with E-state index in [1.165, 1.54) is 37.7 Å². The van der Waals surface area contributed by atoms with Gasteiger partial charge in [0, 0.05) is 5.56 Å². The first-order valence-corrected chi connectivity index (χ1v) is 9.60. The predicted octanol–water partition coefficient (Wildman–Crippen LogP) is 6.49. The van der Waals surface area contributed by atoms with Gasteiger partial charge in [-0.2, -0.15) is 5.26 Å². The van der Waals surface area contributed by atoms with E-state index in [0.717, 1.165) is 29.0 Å². The Morgan fingerprint density at radius 3 is 2.12 bits per heavy atom. The van der Waals surface area contributed by atoms with Crippen molar-refractivity contribution in [1.82, 2.24) is 0 Å². The van der Waals surface area contributed by atoms with Gasteiger partial charge in [0.1, 0.15) is 0 Å². The lowest BCUT2D eigenvalue weighted by Gasteiger charge is -2.19. The number of hydrogen-bond donors (Lipinski definition) is 0. The number of benzene rings is 2. The minimum atomic E-state index is 0.689. The topological polar surface area (TPSA) is 23.8 Å². The Bertz CT molecular complexity index is 852. The summed E-state index contributed by atoms with van der Waals surface area (Å²) >= 11 is 0. The predicted molar refractivity (Wildman–Crippen MR) is 108 cm³/mol. The zero-order valence-corrected chi connectivity index (χ0v) is 15.5. The molecule has 1 nitrogen and oxygen atoms in total. The molecule has 0 aromatic heterocycles. The van der Waals surface area contributed by atoms with Crippen LogP contribution in [-0.4, -0.2) is 0 Å². The molecule has 2 aromatic rings. The third-order valence-corrected chi connectivity index (χ3v) is 5.09. The van der Waals surface area contributed by atoms with Crippen molar-refractivity contribution < 1.29 is 0 Å². The normalized spacial score (nSPS) is 16.2. The van der Waals surface area contributed by atoms with Gasteiger partial charge in [-0.3, -0.25) is 0 Å². The molecular weight excluding hydrogens is 314 g/mol. The minimum absolute atomic E-state index is 0.689. The van der Waals surface area contributed by atoms with Crippen LogP contribution in [0.3, 0.4) is 0 Å². The Hall–Kier alpha value is -2.77. The van der Waals surface area contributed by atoms with E-state index in [9.17, 15) is 0 Å². The summed E-state index contributed by atoms with van der Waals surface area (Å²) in [7, 11) is 0. The summed E-state index contributed by atoms with van der Waals surface area (Å²) < 4.78 is 0. The number of unbranched alkanes of at least 4 members (excludes halogenated alkanes) is 1. The number of rotatable bonds is 4. The molecule has 1 aliphatic rings. The maximum Gasteiger partial charge on any atom is 0.0991 e. The van der Waals surface area contributed by atoms with Gasteiger partial charge < -0.3 is 0 Å². The van der Waals surface area contributed by atoms with Crippen LogP contribution in [0, 0.1) is 29.1 Å². The molecule has 0 N–H and O–H groups in total. The highest BCUT2D eigenvalue weighted by molar-refractivity contribution is 5.65. The summed E-state index contributed by atoms with van der Waals surface area (Å²) in [5.41, 5.74) is 5.31. The highest BCUT2D eigenvalue weighted by atomic mass is 14.2. The zero-order chi connectivity index (χ0) is 18.2. The van der Waals surface area contributed by atoms with Gasteiger partial charge in [0.2, 0.25) is 0 Å². The van der Waals surface area contributed by atoms with E-state index in [1.807, 2.05) is 24.3 Å². The van der Waals surface area contributed by atoms with Crippen molar-refractivity contribution in [2.24, 2.45) is 5.92 Å². The highest BCUT2D eigenvalue weighted by Gasteiger charge is 2.12. The van der Waals surface area contributed by atoms with Crippen molar-refractivity contribution in [3.63, 3.8) is 0 Å². The van der Waals surface area contributed by atoms with Gasteiger partial charge in [0.15, 0.2) is 0 Å². The van der Waals surface area contributed by atoms with Crippen molar-refractivity contribution >= 4 is 0 Å². The summed E-state index contributed by atoms with van der Waals surface area (Å²) in [5, 5.41) is 8.88. The molecular formula is C25H25N. The molecule has 26 heavy (non-hydrogen) atoms. The van der Waals surface area contributed by atoms with Crippen molar-refractivity contribution in [2.75, 3.05) is 0 Å². The molecule has 1 heteroatoms. The molecule has 0 saturated heterocycles. The largest absolute Gasteiger partial charge is 0.192 e. The molecule has 0 radical (unpaired) electrons. The average Bonchev–Trinajstić information content (AvgIpc) is 2.72. The van der Waals surface area contributed by atoms with Crippen LogP contribution in [0.1, 0.15) is 56.6 Å². The van der Waals surface area contributed by atoms with Gasteiger partial charge in [-0.1, -0.05) is 68.4 Å². The Morgan fingerprint density at radius 2 is 1.58 bits per heavy atom. The molecule has 2 aromatic carbocycles. The van der Waals surface area contributed by atoms with E-state index < -0.39 is 0 Å². The molecule has 0 fully saturated rings. The van der Waals surface area contributed by atoms with Crippen molar-refractivity contribution in [1.29, 1.82) is 5.26 Å². The molecule has 0 saturated carbocycles. The highest BCUT2D eigenvalue weighted by Crippen LogP contribution is 2.27. The Labute approximate surface area is 157 Å². The van der Waals surface area contributed by atoms with Crippen LogP contribution in [0.2, 0.25) is 0 Å². The van der Waals surface area contributed by atoms with Crippen molar-refractivity contribution in [3.8, 4) is 29.0 Å². The quantitative estimate of drug-likeness (QED) is 0.584. The van der Waals surface area contributed by atoms with Gasteiger partial charge in [-0.15, -0.1) is 0 Å². The molecule has 0 amide bonds. The summed E-state index contributed by atoms with van der Waals surface area (Å²) in [6.07, 6.45) is 9.98. The van der Waals surface area contributed by atoms with Crippen LogP contribution >= 0.6 is 0 Å². The molecule has 0 spiro atoms. The van der Waals surface area contributed by atoms with Crippen LogP contribution in [0.5, 0.6) is 0 Å². The third kappa shape index (κ3) is 4.87. The molecule has 1 aliphatic carbocycles. The standard InChI is InChI=1S/C25H25N/c1-2-3-4-20-5-7-21(8-6-20)9-10-22-11-15-24(16-12-22)25-17-13-23(19-26)14-18-25/h7,11-18,20H,2-6,8H2,1H3. The second kappa shape index (κ2) is 9.07. The van der Waals surface area contributed by atoms with Crippen molar-refractivity contribution in [3.05, 3.63) is 71.3 Å². The second-order valence-corrected chi connectivity index (χ2v) is 7.03. The molecule has 0 bridgehead atoms. The van der Waals surface area contributed by atoms with Crippen LogP contribution in [-0.2, 0) is 0 Å². The van der Waals surface area contributed by atoms with Gasteiger partial charge in [-0.25, -0.2) is 0 Å². The van der Waals surface area contributed by atoms with Crippen LogP contribution in [0.15, 0.2) is 60.2 Å². The van der Waals surface area contributed by atoms with E-state index in [4.69, 9.17) is 5.26 Å². The molecule has 0 heterocycles. The average molecular weight is 339 g/mol. The smallest absolute Gasteiger partial charge is 0.0991 e. The van der Waals surface area contributed by atoms with Crippen LogP contribution < -0.4 is 0 Å². The lowest BCUT2D eigenvalue weighted by Crippen LogP contribution is -2.05. The Kier molecular flexibility index (Phi) is 6.29. The van der Waals surface area contributed by atoms with Crippen molar-refractivity contribution in [2.45, 2.75) is 45.4 Å². The number of nitriles is 1. The van der Waals surface area contributed by atoms with Gasteiger partial charge in [0.05, 0.1) is 11.6 Å². The Morgan fingerprint density at radius 1 is 0.923 bits per heavy atom. The van der Waals surface area contributed by atoms with E-state index >= 15 is 0 Å². The van der Waals surface area contributed by atoms with E-state index in [-0.39, 0.29) is 0 Å². The maximum atomic E-state index is 8.88. The number of hydrogen-bond acceptors (Lipinski definition) is 1. The fourth-order valence-corrected chi connectivity index (χ4v) is 3.39. The molecule has 130 valence electrons. The molecule has 1 atom stereocenters. The van der Waals surface area contributed by atoms with Crippen LogP contribution in [0.4, 0.5) is 0 Å². The first-order valence-electron chi connectivity index (χ1n) is 9.60. The summed E-state index contributed by atoms with van der Waals surface area (Å²) in [6.45, 7) is 2.27. The second-order valence-electron chi connectivity index (χ2n) is 7.03. The number of allylic oxidation sites excluding steroid dienone is 2. The fraction of sp³-hybridized carbons (Fsp3) is 0.320. The minimum Gasteiger partial charge on any atom is -0.192 e. The van der Waals surface area contributed by atoms with Gasteiger partial charge in [0.25, 0.3) is 0 Å². The monoisotopic (exact) mass is 339 g/mol. The lowest BCUT2D eigenvalue weighted by atomic mass is 9.86. The van der Waals surface area contributed by atoms with E-state index in [2.05, 4.69) is 55.2 Å². The zero-order valence-electron chi connectivity index (χ0n) is 15.5. The lowest BCUT2D eigenvalue weighted by molar-refractivity contribution is 0.425. The van der Waals surface area contributed by atoms with Gasteiger partial charge in [-0.05, 0) is 66.1 Å². The van der Waals surface area contributed by atoms with Gasteiger partial charge >= 0.3 is 0 Å². The summed E-state index contributed by atoms with van der Waals surface area (Å²) in [6, 6.07) is 18.2. The molecule has 3 rings (SSSR count). The Balaban J connectivity index is 1.62. The van der Waals surface area contributed by atoms with Crippen LogP contribution in [0.25, 0.3) is 11.1 Å². The summed E-state index contributed by atoms with van der Waals surface area (Å²) in [4.78, 5) is 0. The first kappa shape index (κ1) is 18.0. The molecule has 0 aliphatic heterocycles. The first-order chi connectivity index (χ1) is 12.8. The van der Waals surface area contributed by atoms with E-state index in [0.29, 0.717) is 5.56 Å². The fourth-order valence-electron chi connectivity index (χ4n) is 3.39. The SMILES string of the molecule is CCCCC1CC=C(C#Cc2ccc(-c3ccc(C#N)cc3)cc2)CC1. The van der Waals surface area contributed by atoms with E-state index in [1.54, 1.807) is 0 Å².